The molecule has 0 aliphatic carbocycles. The van der Waals surface area contributed by atoms with Gasteiger partial charge in [0.25, 0.3) is 0 Å². The minimum Gasteiger partial charge on any atom is -0.497 e. The molecule has 0 spiro atoms. The molecule has 0 N–H and O–H groups in total. The van der Waals surface area contributed by atoms with Crippen molar-refractivity contribution in [1.82, 2.24) is 0 Å². The third-order valence-electron chi connectivity index (χ3n) is 1.70. The Morgan fingerprint density at radius 1 is 1.33 bits per heavy atom. The standard InChI is InChI=1S/C9H9NO4S/c1-14-8-3-7(10-6-11)4-9(5-8)15(2,12)13/h3-5H,1-2H3. The van der Waals surface area contributed by atoms with E-state index in [-0.39, 0.29) is 10.6 Å². The minimum atomic E-state index is -3.35. The van der Waals surface area contributed by atoms with Crippen molar-refractivity contribution in [2.75, 3.05) is 13.4 Å². The first-order valence-electron chi connectivity index (χ1n) is 3.94. The third kappa shape index (κ3) is 2.90. The molecule has 0 heterocycles. The molecule has 0 aliphatic rings. The lowest BCUT2D eigenvalue weighted by Crippen LogP contribution is -1.97. The summed E-state index contributed by atoms with van der Waals surface area (Å²) in [7, 11) is -1.95. The second kappa shape index (κ2) is 4.25. The molecule has 15 heavy (non-hydrogen) atoms. The number of hydrogen-bond donors (Lipinski definition) is 0. The van der Waals surface area contributed by atoms with Crippen LogP contribution < -0.4 is 4.74 Å². The molecule has 5 nitrogen and oxygen atoms in total. The predicted octanol–water partition coefficient (Wildman–Crippen LogP) is 1.07. The molecule has 1 aromatic rings. The molecule has 1 aromatic carbocycles. The van der Waals surface area contributed by atoms with E-state index in [0.29, 0.717) is 5.75 Å². The molecule has 0 fully saturated rings. The van der Waals surface area contributed by atoms with E-state index in [1.54, 1.807) is 0 Å². The maximum Gasteiger partial charge on any atom is 0.240 e. The normalized spacial score (nSPS) is 10.5. The lowest BCUT2D eigenvalue weighted by atomic mass is 10.3. The Morgan fingerprint density at radius 2 is 2.00 bits per heavy atom. The highest BCUT2D eigenvalue weighted by molar-refractivity contribution is 7.90. The zero-order chi connectivity index (χ0) is 11.5. The maximum atomic E-state index is 11.3. The monoisotopic (exact) mass is 227 g/mol. The quantitative estimate of drug-likeness (QED) is 0.571. The highest BCUT2D eigenvalue weighted by atomic mass is 32.2. The Labute approximate surface area is 87.3 Å². The predicted molar refractivity (Wildman–Crippen MR) is 53.9 cm³/mol. The fourth-order valence-corrected chi connectivity index (χ4v) is 1.67. The van der Waals surface area contributed by atoms with Crippen molar-refractivity contribution in [3.63, 3.8) is 0 Å². The average molecular weight is 227 g/mol. The molecule has 0 atom stereocenters. The summed E-state index contributed by atoms with van der Waals surface area (Å²) in [4.78, 5) is 13.4. The maximum absolute atomic E-state index is 11.3. The van der Waals surface area contributed by atoms with Crippen LogP contribution in [0.15, 0.2) is 28.1 Å². The van der Waals surface area contributed by atoms with Crippen LogP contribution in [0.25, 0.3) is 0 Å². The van der Waals surface area contributed by atoms with Crippen LogP contribution in [0.2, 0.25) is 0 Å². The van der Waals surface area contributed by atoms with E-state index in [1.807, 2.05) is 0 Å². The van der Waals surface area contributed by atoms with Crippen molar-refractivity contribution < 1.29 is 17.9 Å². The van der Waals surface area contributed by atoms with Crippen molar-refractivity contribution in [1.29, 1.82) is 0 Å². The van der Waals surface area contributed by atoms with Crippen LogP contribution in [0.4, 0.5) is 5.69 Å². The van der Waals surface area contributed by atoms with Gasteiger partial charge in [-0.15, -0.1) is 0 Å². The van der Waals surface area contributed by atoms with Crippen molar-refractivity contribution in [2.24, 2.45) is 4.99 Å². The van der Waals surface area contributed by atoms with Gasteiger partial charge in [-0.2, -0.15) is 4.99 Å². The van der Waals surface area contributed by atoms with E-state index in [4.69, 9.17) is 4.74 Å². The Hall–Kier alpha value is -1.65. The summed E-state index contributed by atoms with van der Waals surface area (Å²) in [6.45, 7) is 0. The molecular weight excluding hydrogens is 218 g/mol. The summed E-state index contributed by atoms with van der Waals surface area (Å²) < 4.78 is 27.4. The van der Waals surface area contributed by atoms with Gasteiger partial charge in [-0.3, -0.25) is 0 Å². The molecule has 0 unspecified atom stereocenters. The number of isocyanates is 1. The molecular formula is C9H9NO4S. The molecule has 0 aliphatic heterocycles. The van der Waals surface area contributed by atoms with Gasteiger partial charge < -0.3 is 4.74 Å². The summed E-state index contributed by atoms with van der Waals surface area (Å²) in [5, 5.41) is 0. The van der Waals surface area contributed by atoms with Crippen LogP contribution in [0.5, 0.6) is 5.75 Å². The highest BCUT2D eigenvalue weighted by Gasteiger charge is 2.10. The van der Waals surface area contributed by atoms with Gasteiger partial charge in [0.05, 0.1) is 17.7 Å². The van der Waals surface area contributed by atoms with Gasteiger partial charge in [0, 0.05) is 12.3 Å². The number of ether oxygens (including phenoxy) is 1. The van der Waals surface area contributed by atoms with Gasteiger partial charge in [-0.1, -0.05) is 0 Å². The number of rotatable bonds is 3. The summed E-state index contributed by atoms with van der Waals surface area (Å²) in [6, 6.07) is 4.08. The van der Waals surface area contributed by atoms with Crippen molar-refractivity contribution in [3.8, 4) is 5.75 Å². The first-order valence-corrected chi connectivity index (χ1v) is 5.83. The molecule has 0 amide bonds. The Morgan fingerprint density at radius 3 is 2.47 bits per heavy atom. The fraction of sp³-hybridized carbons (Fsp3) is 0.222. The van der Waals surface area contributed by atoms with E-state index in [1.165, 1.54) is 31.4 Å². The molecule has 0 saturated heterocycles. The van der Waals surface area contributed by atoms with Crippen LogP contribution in [0.3, 0.4) is 0 Å². The van der Waals surface area contributed by atoms with Crippen LogP contribution in [0.1, 0.15) is 0 Å². The minimum absolute atomic E-state index is 0.0517. The molecule has 6 heteroatoms. The molecule has 0 radical (unpaired) electrons. The summed E-state index contributed by atoms with van der Waals surface area (Å²) in [6.07, 6.45) is 2.40. The van der Waals surface area contributed by atoms with Gasteiger partial charge in [0.15, 0.2) is 9.84 Å². The summed E-state index contributed by atoms with van der Waals surface area (Å²) in [5.74, 6) is 0.326. The number of benzene rings is 1. The zero-order valence-corrected chi connectivity index (χ0v) is 9.04. The zero-order valence-electron chi connectivity index (χ0n) is 8.22. The van der Waals surface area contributed by atoms with Crippen LogP contribution >= 0.6 is 0 Å². The Kier molecular flexibility index (Phi) is 3.24. The number of hydrogen-bond acceptors (Lipinski definition) is 5. The fourth-order valence-electron chi connectivity index (χ4n) is 1.01. The van der Waals surface area contributed by atoms with Gasteiger partial charge in [0.1, 0.15) is 5.75 Å². The first-order chi connectivity index (χ1) is 6.97. The Bertz CT molecular complexity index is 515. The van der Waals surface area contributed by atoms with E-state index >= 15 is 0 Å². The molecule has 1 rings (SSSR count). The number of nitrogens with zero attached hydrogens (tertiary/aromatic N) is 1. The molecule has 80 valence electrons. The molecule has 0 aromatic heterocycles. The summed E-state index contributed by atoms with van der Waals surface area (Å²) in [5.41, 5.74) is 0.199. The number of carbonyl (C=O) groups excluding carboxylic acids is 1. The molecule has 0 bridgehead atoms. The van der Waals surface area contributed by atoms with Crippen molar-refractivity contribution >= 4 is 21.6 Å². The topological polar surface area (TPSA) is 72.8 Å². The first kappa shape index (κ1) is 11.4. The number of methoxy groups -OCH3 is 1. The van der Waals surface area contributed by atoms with Crippen LogP contribution in [-0.2, 0) is 14.6 Å². The van der Waals surface area contributed by atoms with Crippen LogP contribution in [-0.4, -0.2) is 27.9 Å². The van der Waals surface area contributed by atoms with E-state index in [9.17, 15) is 13.2 Å². The SMILES string of the molecule is COc1cc(N=C=O)cc(S(C)(=O)=O)c1. The van der Waals surface area contributed by atoms with E-state index in [2.05, 4.69) is 4.99 Å². The van der Waals surface area contributed by atoms with Gasteiger partial charge in [-0.25, -0.2) is 13.2 Å². The number of aliphatic imine (C=N–C) groups is 1. The highest BCUT2D eigenvalue weighted by Crippen LogP contribution is 2.25. The second-order valence-electron chi connectivity index (χ2n) is 2.84. The average Bonchev–Trinajstić information content (AvgIpc) is 2.16. The smallest absolute Gasteiger partial charge is 0.240 e. The van der Waals surface area contributed by atoms with Crippen LogP contribution in [0, 0.1) is 0 Å². The van der Waals surface area contributed by atoms with E-state index in [0.717, 1.165) is 6.26 Å². The molecule has 0 saturated carbocycles. The van der Waals surface area contributed by atoms with Crippen molar-refractivity contribution in [3.05, 3.63) is 18.2 Å². The summed E-state index contributed by atoms with van der Waals surface area (Å²) >= 11 is 0. The van der Waals surface area contributed by atoms with Gasteiger partial charge in [-0.05, 0) is 12.1 Å². The van der Waals surface area contributed by atoms with Gasteiger partial charge >= 0.3 is 0 Å². The lowest BCUT2D eigenvalue weighted by molar-refractivity contribution is 0.413. The van der Waals surface area contributed by atoms with Crippen molar-refractivity contribution in [2.45, 2.75) is 4.90 Å². The van der Waals surface area contributed by atoms with Gasteiger partial charge in [0.2, 0.25) is 6.08 Å². The largest absolute Gasteiger partial charge is 0.497 e. The number of sulfone groups is 1. The Balaban J connectivity index is 3.42. The lowest BCUT2D eigenvalue weighted by Gasteiger charge is -2.03. The second-order valence-corrected chi connectivity index (χ2v) is 4.86. The third-order valence-corrected chi connectivity index (χ3v) is 2.80. The van der Waals surface area contributed by atoms with E-state index < -0.39 is 9.84 Å².